The van der Waals surface area contributed by atoms with Crippen molar-refractivity contribution < 1.29 is 0 Å². The van der Waals surface area contributed by atoms with E-state index in [1.54, 1.807) is 11.1 Å². The number of hydrogen-bond acceptors (Lipinski definition) is 1. The monoisotopic (exact) mass is 305 g/mol. The van der Waals surface area contributed by atoms with Crippen LogP contribution >= 0.6 is 0 Å². The molecule has 3 atom stereocenters. The van der Waals surface area contributed by atoms with E-state index in [4.69, 9.17) is 0 Å². The second-order valence-corrected chi connectivity index (χ2v) is 7.36. The fourth-order valence-corrected chi connectivity index (χ4v) is 4.96. The Balaban J connectivity index is 1.63. The van der Waals surface area contributed by atoms with Gasteiger partial charge in [0, 0.05) is 18.5 Å². The normalized spacial score (nSPS) is 26.8. The summed E-state index contributed by atoms with van der Waals surface area (Å²) in [5.74, 6) is 1.57. The zero-order valence-electron chi connectivity index (χ0n) is 14.3. The van der Waals surface area contributed by atoms with Crippen LogP contribution in [0.4, 0.5) is 0 Å². The molecule has 0 N–H and O–H groups in total. The van der Waals surface area contributed by atoms with Gasteiger partial charge in [-0.1, -0.05) is 61.0 Å². The molecule has 23 heavy (non-hydrogen) atoms. The van der Waals surface area contributed by atoms with Crippen LogP contribution in [0.25, 0.3) is 0 Å². The van der Waals surface area contributed by atoms with Crippen molar-refractivity contribution in [3.63, 3.8) is 0 Å². The van der Waals surface area contributed by atoms with E-state index in [9.17, 15) is 0 Å². The summed E-state index contributed by atoms with van der Waals surface area (Å²) >= 11 is 0. The Labute approximate surface area is 140 Å². The maximum atomic E-state index is 2.74. The van der Waals surface area contributed by atoms with Gasteiger partial charge in [0.2, 0.25) is 0 Å². The van der Waals surface area contributed by atoms with Crippen LogP contribution in [0.15, 0.2) is 48.5 Å². The van der Waals surface area contributed by atoms with E-state index in [0.29, 0.717) is 6.04 Å². The average Bonchev–Trinajstić information content (AvgIpc) is 2.93. The molecule has 1 heteroatoms. The van der Waals surface area contributed by atoms with Gasteiger partial charge in [0.25, 0.3) is 0 Å². The molecule has 1 saturated heterocycles. The zero-order valence-corrected chi connectivity index (χ0v) is 14.3. The van der Waals surface area contributed by atoms with Crippen molar-refractivity contribution in [2.24, 2.45) is 5.92 Å². The fourth-order valence-electron chi connectivity index (χ4n) is 4.96. The molecule has 0 bridgehead atoms. The van der Waals surface area contributed by atoms with Gasteiger partial charge in [-0.15, -0.1) is 0 Å². The molecule has 4 rings (SSSR count). The van der Waals surface area contributed by atoms with Crippen LogP contribution in [0.5, 0.6) is 0 Å². The lowest BCUT2D eigenvalue weighted by molar-refractivity contribution is 0.228. The minimum atomic E-state index is 0.708. The number of nitrogens with zero attached hydrogens (tertiary/aromatic N) is 1. The number of fused-ring (bicyclic) bond motifs is 3. The summed E-state index contributed by atoms with van der Waals surface area (Å²) in [6, 6.07) is 19.0. The second kappa shape index (κ2) is 6.13. The molecule has 1 fully saturated rings. The molecule has 1 aliphatic heterocycles. The van der Waals surface area contributed by atoms with Crippen LogP contribution in [-0.2, 0) is 12.8 Å². The van der Waals surface area contributed by atoms with Gasteiger partial charge in [-0.25, -0.2) is 0 Å². The molecule has 1 unspecified atom stereocenters. The summed E-state index contributed by atoms with van der Waals surface area (Å²) in [6.45, 7) is 6.95. The third-order valence-electron chi connectivity index (χ3n) is 6.05. The van der Waals surface area contributed by atoms with E-state index >= 15 is 0 Å². The number of hydrogen-bond donors (Lipinski definition) is 0. The van der Waals surface area contributed by atoms with Crippen LogP contribution in [0, 0.1) is 12.8 Å². The van der Waals surface area contributed by atoms with Gasteiger partial charge >= 0.3 is 0 Å². The maximum Gasteiger partial charge on any atom is 0.0170 e. The van der Waals surface area contributed by atoms with Gasteiger partial charge < -0.3 is 0 Å². The van der Waals surface area contributed by atoms with Gasteiger partial charge in [0.15, 0.2) is 0 Å². The summed E-state index contributed by atoms with van der Waals surface area (Å²) in [4.78, 5) is 2.74. The quantitative estimate of drug-likeness (QED) is 0.802. The third-order valence-corrected chi connectivity index (χ3v) is 6.05. The molecule has 0 aromatic heterocycles. The summed E-state index contributed by atoms with van der Waals surface area (Å²) < 4.78 is 0. The van der Waals surface area contributed by atoms with Crippen molar-refractivity contribution in [2.45, 2.75) is 45.1 Å². The van der Waals surface area contributed by atoms with Crippen LogP contribution in [0.2, 0.25) is 0 Å². The highest BCUT2D eigenvalue weighted by molar-refractivity contribution is 5.36. The van der Waals surface area contributed by atoms with Crippen molar-refractivity contribution in [1.82, 2.24) is 4.90 Å². The molecule has 0 saturated carbocycles. The minimum absolute atomic E-state index is 0.708. The lowest BCUT2D eigenvalue weighted by atomic mass is 9.73. The number of likely N-dealkylation sites (N-methyl/N-ethyl adjacent to an activating group) is 1. The largest absolute Gasteiger partial charge is 0.299 e. The first kappa shape index (κ1) is 15.0. The number of benzene rings is 2. The van der Waals surface area contributed by atoms with E-state index in [1.165, 1.54) is 43.5 Å². The fraction of sp³-hybridized carbons (Fsp3) is 0.455. The number of rotatable bonds is 3. The van der Waals surface area contributed by atoms with Crippen LogP contribution in [-0.4, -0.2) is 24.0 Å². The molecule has 0 amide bonds. The molecule has 1 heterocycles. The summed E-state index contributed by atoms with van der Waals surface area (Å²) in [5.41, 5.74) is 6.12. The Morgan fingerprint density at radius 3 is 2.78 bits per heavy atom. The zero-order chi connectivity index (χ0) is 15.8. The van der Waals surface area contributed by atoms with Gasteiger partial charge in [0.05, 0.1) is 0 Å². The van der Waals surface area contributed by atoms with Crippen molar-refractivity contribution in [2.75, 3.05) is 13.1 Å². The Kier molecular flexibility index (Phi) is 3.98. The van der Waals surface area contributed by atoms with Crippen molar-refractivity contribution in [3.05, 3.63) is 70.8 Å². The van der Waals surface area contributed by atoms with Gasteiger partial charge in [-0.3, -0.25) is 4.90 Å². The highest BCUT2D eigenvalue weighted by Crippen LogP contribution is 2.45. The Morgan fingerprint density at radius 2 is 1.96 bits per heavy atom. The van der Waals surface area contributed by atoms with Crippen LogP contribution in [0.1, 0.15) is 41.5 Å². The summed E-state index contributed by atoms with van der Waals surface area (Å²) in [6.07, 6.45) is 3.83. The smallest absolute Gasteiger partial charge is 0.0170 e. The molecule has 2 aromatic carbocycles. The summed E-state index contributed by atoms with van der Waals surface area (Å²) in [7, 11) is 0. The molecule has 0 radical (unpaired) electrons. The third kappa shape index (κ3) is 2.72. The number of aryl methyl sites for hydroxylation is 2. The van der Waals surface area contributed by atoms with E-state index in [2.05, 4.69) is 67.3 Å². The molecule has 2 aromatic rings. The van der Waals surface area contributed by atoms with E-state index in [0.717, 1.165) is 11.8 Å². The maximum absolute atomic E-state index is 2.74. The van der Waals surface area contributed by atoms with E-state index in [-0.39, 0.29) is 0 Å². The average molecular weight is 305 g/mol. The molecular formula is C22H27N. The van der Waals surface area contributed by atoms with E-state index in [1.807, 2.05) is 0 Å². The first-order valence-corrected chi connectivity index (χ1v) is 9.13. The first-order chi connectivity index (χ1) is 11.3. The van der Waals surface area contributed by atoms with Crippen molar-refractivity contribution >= 4 is 0 Å². The Morgan fingerprint density at radius 1 is 1.09 bits per heavy atom. The van der Waals surface area contributed by atoms with Gasteiger partial charge in [0.1, 0.15) is 0 Å². The highest BCUT2D eigenvalue weighted by atomic mass is 15.2. The minimum Gasteiger partial charge on any atom is -0.299 e. The molecule has 120 valence electrons. The van der Waals surface area contributed by atoms with Crippen LogP contribution in [0.3, 0.4) is 0 Å². The Hall–Kier alpha value is -1.60. The summed E-state index contributed by atoms with van der Waals surface area (Å²) in [5, 5.41) is 0. The van der Waals surface area contributed by atoms with Crippen molar-refractivity contribution in [3.8, 4) is 0 Å². The predicted molar refractivity (Wildman–Crippen MR) is 96.9 cm³/mol. The Bertz CT molecular complexity index is 690. The lowest BCUT2D eigenvalue weighted by Crippen LogP contribution is -2.35. The number of likely N-dealkylation sites (tertiary alicyclic amines) is 1. The molecule has 0 spiro atoms. The van der Waals surface area contributed by atoms with Crippen molar-refractivity contribution in [1.29, 1.82) is 0 Å². The molecule has 1 nitrogen and oxygen atoms in total. The molecule has 2 aliphatic rings. The lowest BCUT2D eigenvalue weighted by Gasteiger charge is -2.32. The second-order valence-electron chi connectivity index (χ2n) is 7.36. The standard InChI is InChI=1S/C22H27N/c1-3-23-15-21-19-10-5-4-9-18(19)11-12-20(21)22(23)14-17-8-6-7-16(2)13-17/h4-10,13,20-22H,3,11-12,14-15H2,1-2H3/t20?,21-,22-/m1/s1. The first-order valence-electron chi connectivity index (χ1n) is 9.13. The molecule has 1 aliphatic carbocycles. The highest BCUT2D eigenvalue weighted by Gasteiger charge is 2.43. The molecular weight excluding hydrogens is 278 g/mol. The predicted octanol–water partition coefficient (Wildman–Crippen LogP) is 4.59. The van der Waals surface area contributed by atoms with Gasteiger partial charge in [-0.2, -0.15) is 0 Å². The van der Waals surface area contributed by atoms with Gasteiger partial charge in [-0.05, 0) is 55.3 Å². The topological polar surface area (TPSA) is 3.24 Å². The van der Waals surface area contributed by atoms with E-state index < -0.39 is 0 Å². The SMILES string of the molecule is CCN1C[C@@H]2c3ccccc3CCC2[C@H]1Cc1cccc(C)c1. The van der Waals surface area contributed by atoms with Crippen LogP contribution < -0.4 is 0 Å².